The molecule has 0 aliphatic rings. The van der Waals surface area contributed by atoms with Crippen molar-refractivity contribution in [3.05, 3.63) is 12.2 Å². The van der Waals surface area contributed by atoms with Gasteiger partial charge in [-0.25, -0.2) is 4.79 Å². The fraction of sp³-hybridized carbons (Fsp3) is 0.615. The van der Waals surface area contributed by atoms with Crippen LogP contribution in [0.15, 0.2) is 12.2 Å². The number of rotatable bonds is 7. The summed E-state index contributed by atoms with van der Waals surface area (Å²) >= 11 is 2.02. The first-order valence-electron chi connectivity index (χ1n) is 5.96. The van der Waals surface area contributed by atoms with Crippen molar-refractivity contribution in [2.24, 2.45) is 5.92 Å². The smallest absolute Gasteiger partial charge is 0.333 e. The second kappa shape index (κ2) is 8.29. The van der Waals surface area contributed by atoms with Gasteiger partial charge in [-0.1, -0.05) is 43.0 Å². The monoisotopic (exact) mass is 381 g/mol. The van der Waals surface area contributed by atoms with Crippen LogP contribution in [0.25, 0.3) is 0 Å². The van der Waals surface area contributed by atoms with Crippen LogP contribution in [0, 0.1) is 5.92 Å². The topological polar surface area (TPSA) is 72.5 Å². The number of hydrogen-bond acceptors (Lipinski definition) is 4. The number of alkyl halides is 1. The summed E-state index contributed by atoms with van der Waals surface area (Å²) in [5.41, 5.74) is 0.462. The van der Waals surface area contributed by atoms with Gasteiger partial charge < -0.3 is 10.1 Å². The first kappa shape index (κ1) is 18.1. The molecular weight excluding hydrogens is 361 g/mol. The van der Waals surface area contributed by atoms with Gasteiger partial charge in [-0.15, -0.1) is 0 Å². The summed E-state index contributed by atoms with van der Waals surface area (Å²) in [6.07, 6.45) is -0.323. The van der Waals surface area contributed by atoms with Crippen LogP contribution in [0.2, 0.25) is 0 Å². The third-order valence-electron chi connectivity index (χ3n) is 2.34. The zero-order chi connectivity index (χ0) is 15.2. The zero-order valence-electron chi connectivity index (χ0n) is 11.6. The molecule has 0 aromatic carbocycles. The van der Waals surface area contributed by atoms with E-state index in [4.69, 9.17) is 4.74 Å². The highest BCUT2D eigenvalue weighted by molar-refractivity contribution is 14.1. The Labute approximate surface area is 127 Å². The van der Waals surface area contributed by atoms with E-state index < -0.39 is 18.1 Å². The maximum absolute atomic E-state index is 11.9. The van der Waals surface area contributed by atoms with Gasteiger partial charge in [0.05, 0.1) is 3.92 Å². The fourth-order valence-electron chi connectivity index (χ4n) is 1.19. The number of esters is 1. The van der Waals surface area contributed by atoms with Gasteiger partial charge in [0.2, 0.25) is 5.91 Å². The van der Waals surface area contributed by atoms with Gasteiger partial charge >= 0.3 is 5.97 Å². The van der Waals surface area contributed by atoms with Crippen molar-refractivity contribution < 1.29 is 19.1 Å². The zero-order valence-corrected chi connectivity index (χ0v) is 13.8. The minimum atomic E-state index is -0.925. The standard InChI is InChI=1S/C13H20INO4/c1-7(2)10(14)12(17)15-11(8(3)4)13(18)19-9(5)6-16/h6-7,9-11H,3H2,1-2,4-5H3,(H,15,17)/t9-,10+,11+/m0/s1. The highest BCUT2D eigenvalue weighted by Crippen LogP contribution is 2.14. The van der Waals surface area contributed by atoms with Crippen molar-refractivity contribution in [3.63, 3.8) is 0 Å². The highest BCUT2D eigenvalue weighted by atomic mass is 127. The van der Waals surface area contributed by atoms with E-state index in [1.54, 1.807) is 6.92 Å². The van der Waals surface area contributed by atoms with Crippen LogP contribution in [0.4, 0.5) is 0 Å². The third-order valence-corrected chi connectivity index (χ3v) is 4.35. The van der Waals surface area contributed by atoms with E-state index in [9.17, 15) is 14.4 Å². The Morgan fingerprint density at radius 2 is 1.84 bits per heavy atom. The quantitative estimate of drug-likeness (QED) is 0.239. The molecule has 5 nitrogen and oxygen atoms in total. The summed E-state index contributed by atoms with van der Waals surface area (Å²) in [6, 6.07) is -0.925. The average molecular weight is 381 g/mol. The molecule has 6 heteroatoms. The molecule has 0 aromatic rings. The van der Waals surface area contributed by atoms with E-state index in [1.807, 2.05) is 36.4 Å². The lowest BCUT2D eigenvalue weighted by Crippen LogP contribution is -2.47. The van der Waals surface area contributed by atoms with Crippen LogP contribution >= 0.6 is 22.6 Å². The molecule has 0 heterocycles. The Morgan fingerprint density at radius 3 is 2.21 bits per heavy atom. The molecule has 19 heavy (non-hydrogen) atoms. The molecule has 1 amide bonds. The molecule has 1 N–H and O–H groups in total. The number of hydrogen-bond donors (Lipinski definition) is 1. The molecule has 0 unspecified atom stereocenters. The number of carbonyl (C=O) groups is 3. The molecule has 0 aromatic heterocycles. The van der Waals surface area contributed by atoms with Crippen LogP contribution < -0.4 is 5.32 Å². The Hall–Kier alpha value is -0.920. The molecule has 0 rings (SSSR count). The summed E-state index contributed by atoms with van der Waals surface area (Å²) in [5.74, 6) is -0.775. The van der Waals surface area contributed by atoms with Crippen molar-refractivity contribution in [2.75, 3.05) is 0 Å². The molecule has 0 aliphatic carbocycles. The second-order valence-electron chi connectivity index (χ2n) is 4.71. The molecule has 0 spiro atoms. The molecule has 0 aliphatic heterocycles. The van der Waals surface area contributed by atoms with E-state index in [1.165, 1.54) is 6.92 Å². The van der Waals surface area contributed by atoms with Crippen LogP contribution in [0.1, 0.15) is 27.7 Å². The van der Waals surface area contributed by atoms with E-state index in [2.05, 4.69) is 11.9 Å². The van der Waals surface area contributed by atoms with Crippen molar-refractivity contribution >= 4 is 40.8 Å². The van der Waals surface area contributed by atoms with E-state index >= 15 is 0 Å². The second-order valence-corrected chi connectivity index (χ2v) is 6.05. The lowest BCUT2D eigenvalue weighted by atomic mass is 10.1. The van der Waals surface area contributed by atoms with Gasteiger partial charge in [0, 0.05) is 0 Å². The maximum atomic E-state index is 11.9. The van der Waals surface area contributed by atoms with Crippen molar-refractivity contribution in [1.29, 1.82) is 0 Å². The van der Waals surface area contributed by atoms with Crippen LogP contribution in [-0.2, 0) is 19.1 Å². The Bertz CT molecular complexity index is 368. The molecule has 0 saturated heterocycles. The average Bonchev–Trinajstić information content (AvgIpc) is 2.33. The van der Waals surface area contributed by atoms with Crippen LogP contribution in [0.5, 0.6) is 0 Å². The van der Waals surface area contributed by atoms with E-state index in [-0.39, 0.29) is 15.7 Å². The number of ether oxygens (including phenoxy) is 1. The van der Waals surface area contributed by atoms with E-state index in [0.29, 0.717) is 11.9 Å². The first-order chi connectivity index (χ1) is 8.70. The molecule has 0 radical (unpaired) electrons. The summed E-state index contributed by atoms with van der Waals surface area (Å²) in [5, 5.41) is 2.59. The van der Waals surface area contributed by atoms with Crippen molar-refractivity contribution in [3.8, 4) is 0 Å². The molecule has 3 atom stereocenters. The Kier molecular flexibility index (Phi) is 7.89. The van der Waals surface area contributed by atoms with Gasteiger partial charge in [-0.2, -0.15) is 0 Å². The molecular formula is C13H20INO4. The normalized spacial score (nSPS) is 15.3. The Morgan fingerprint density at radius 1 is 1.32 bits per heavy atom. The van der Waals surface area contributed by atoms with Crippen LogP contribution in [-0.4, -0.2) is 34.2 Å². The SMILES string of the molecule is C=C(C)[C@@H](NC(=O)[C@H](I)C(C)C)C(=O)O[C@@H](C)C=O. The molecule has 0 fully saturated rings. The lowest BCUT2D eigenvalue weighted by molar-refractivity contribution is -0.153. The fourth-order valence-corrected chi connectivity index (χ4v) is 1.37. The number of aldehydes is 1. The summed E-state index contributed by atoms with van der Waals surface area (Å²) in [6.45, 7) is 10.6. The van der Waals surface area contributed by atoms with Gasteiger partial charge in [0.1, 0.15) is 6.04 Å². The van der Waals surface area contributed by atoms with Crippen LogP contribution in [0.3, 0.4) is 0 Å². The lowest BCUT2D eigenvalue weighted by Gasteiger charge is -2.21. The summed E-state index contributed by atoms with van der Waals surface area (Å²) in [4.78, 5) is 34.2. The number of carbonyl (C=O) groups excluding carboxylic acids is 3. The predicted molar refractivity (Wildman–Crippen MR) is 81.0 cm³/mol. The molecule has 0 saturated carbocycles. The van der Waals surface area contributed by atoms with Gasteiger partial charge in [0.25, 0.3) is 0 Å². The predicted octanol–water partition coefficient (Wildman–Crippen LogP) is 1.64. The highest BCUT2D eigenvalue weighted by Gasteiger charge is 2.28. The van der Waals surface area contributed by atoms with Gasteiger partial charge in [-0.05, 0) is 25.3 Å². The largest absolute Gasteiger partial charge is 0.453 e. The molecule has 0 bridgehead atoms. The van der Waals surface area contributed by atoms with E-state index in [0.717, 1.165) is 0 Å². The third kappa shape index (κ3) is 6.17. The first-order valence-corrected chi connectivity index (χ1v) is 7.20. The Balaban J connectivity index is 4.75. The van der Waals surface area contributed by atoms with Gasteiger partial charge in [-0.3, -0.25) is 9.59 Å². The summed E-state index contributed by atoms with van der Waals surface area (Å²) < 4.78 is 4.63. The number of amides is 1. The maximum Gasteiger partial charge on any atom is 0.333 e. The number of nitrogens with one attached hydrogen (secondary N) is 1. The van der Waals surface area contributed by atoms with Crippen molar-refractivity contribution in [1.82, 2.24) is 5.32 Å². The summed E-state index contributed by atoms with van der Waals surface area (Å²) in [7, 11) is 0. The minimum Gasteiger partial charge on any atom is -0.453 e. The molecule has 108 valence electrons. The number of halogens is 1. The minimum absolute atomic E-state index is 0.149. The van der Waals surface area contributed by atoms with Crippen molar-refractivity contribution in [2.45, 2.75) is 43.8 Å². The van der Waals surface area contributed by atoms with Gasteiger partial charge in [0.15, 0.2) is 12.4 Å².